The molecule has 1 aliphatic rings. The summed E-state index contributed by atoms with van der Waals surface area (Å²) in [5.41, 5.74) is 2.40. The first-order valence-electron chi connectivity index (χ1n) is 6.37. The Morgan fingerprint density at radius 1 is 1.35 bits per heavy atom. The summed E-state index contributed by atoms with van der Waals surface area (Å²) in [6.07, 6.45) is 4.89. The number of carbonyl (C=O) groups is 1. The van der Waals surface area contributed by atoms with Gasteiger partial charge in [0.25, 0.3) is 0 Å². The van der Waals surface area contributed by atoms with Gasteiger partial charge < -0.3 is 4.74 Å². The van der Waals surface area contributed by atoms with Gasteiger partial charge in [-0.05, 0) is 37.8 Å². The van der Waals surface area contributed by atoms with Crippen molar-refractivity contribution in [3.8, 4) is 5.75 Å². The Kier molecular flexibility index (Phi) is 3.82. The number of Topliss-reactive ketones (excluding diaryl/α,β-unsaturated/α-hetero) is 1. The molecule has 0 radical (unpaired) electrons. The Bertz CT molecular complexity index is 409. The fourth-order valence-corrected chi connectivity index (χ4v) is 2.60. The lowest BCUT2D eigenvalue weighted by Gasteiger charge is -2.21. The van der Waals surface area contributed by atoms with E-state index in [-0.39, 0.29) is 5.92 Å². The molecule has 1 fully saturated rings. The number of aryl methyl sites for hydroxylation is 1. The van der Waals surface area contributed by atoms with Crippen LogP contribution in [0.3, 0.4) is 0 Å². The topological polar surface area (TPSA) is 26.3 Å². The van der Waals surface area contributed by atoms with Crippen molar-refractivity contribution in [1.82, 2.24) is 0 Å². The third-order valence-electron chi connectivity index (χ3n) is 3.58. The van der Waals surface area contributed by atoms with E-state index < -0.39 is 0 Å². The van der Waals surface area contributed by atoms with E-state index in [2.05, 4.69) is 13.0 Å². The van der Waals surface area contributed by atoms with Crippen molar-refractivity contribution in [2.24, 2.45) is 5.92 Å². The molecular formula is C15H20O2. The minimum Gasteiger partial charge on any atom is -0.496 e. The quantitative estimate of drug-likeness (QED) is 0.799. The largest absolute Gasteiger partial charge is 0.496 e. The fraction of sp³-hybridized carbons (Fsp3) is 0.533. The zero-order chi connectivity index (χ0) is 12.3. The highest BCUT2D eigenvalue weighted by Gasteiger charge is 2.23. The first-order valence-corrected chi connectivity index (χ1v) is 6.37. The lowest BCUT2D eigenvalue weighted by molar-refractivity contribution is -0.124. The minimum atomic E-state index is 0.208. The van der Waals surface area contributed by atoms with Crippen LogP contribution < -0.4 is 4.74 Å². The molecule has 2 rings (SSSR count). The molecule has 17 heavy (non-hydrogen) atoms. The van der Waals surface area contributed by atoms with Crippen molar-refractivity contribution in [3.63, 3.8) is 0 Å². The van der Waals surface area contributed by atoms with Crippen molar-refractivity contribution < 1.29 is 9.53 Å². The van der Waals surface area contributed by atoms with E-state index in [0.717, 1.165) is 31.4 Å². The van der Waals surface area contributed by atoms with E-state index in [1.165, 1.54) is 17.5 Å². The zero-order valence-electron chi connectivity index (χ0n) is 10.7. The predicted octanol–water partition coefficient (Wildman–Crippen LogP) is 3.31. The first-order chi connectivity index (χ1) is 8.20. The normalized spacial score (nSPS) is 20.4. The van der Waals surface area contributed by atoms with Gasteiger partial charge in [0.05, 0.1) is 7.11 Å². The summed E-state index contributed by atoms with van der Waals surface area (Å²) in [5.74, 6) is 1.55. The summed E-state index contributed by atoms with van der Waals surface area (Å²) in [6, 6.07) is 6.18. The highest BCUT2D eigenvalue weighted by molar-refractivity contribution is 5.82. The van der Waals surface area contributed by atoms with Gasteiger partial charge in [0.2, 0.25) is 0 Å². The van der Waals surface area contributed by atoms with E-state index >= 15 is 0 Å². The van der Waals surface area contributed by atoms with Crippen LogP contribution in [0.4, 0.5) is 0 Å². The van der Waals surface area contributed by atoms with Crippen LogP contribution in [0.2, 0.25) is 0 Å². The second-order valence-electron chi connectivity index (χ2n) is 4.93. The van der Waals surface area contributed by atoms with Crippen molar-refractivity contribution in [1.29, 1.82) is 0 Å². The standard InChI is InChI=1S/C15H20O2/c1-11-7-8-15(17-2)13(9-11)10-12-5-3-4-6-14(12)16/h7-9,12H,3-6,10H2,1-2H3. The number of ketones is 1. The van der Waals surface area contributed by atoms with Crippen LogP contribution in [0.25, 0.3) is 0 Å². The molecule has 0 spiro atoms. The summed E-state index contributed by atoms with van der Waals surface area (Å²) >= 11 is 0. The van der Waals surface area contributed by atoms with Gasteiger partial charge >= 0.3 is 0 Å². The summed E-state index contributed by atoms with van der Waals surface area (Å²) < 4.78 is 5.37. The Balaban J connectivity index is 2.16. The lowest BCUT2D eigenvalue weighted by atomic mass is 9.83. The molecule has 0 heterocycles. The maximum absolute atomic E-state index is 11.8. The van der Waals surface area contributed by atoms with Crippen LogP contribution in [0.1, 0.15) is 36.8 Å². The summed E-state index contributed by atoms with van der Waals surface area (Å²) in [7, 11) is 1.69. The molecule has 0 aromatic heterocycles. The van der Waals surface area contributed by atoms with Crippen LogP contribution in [-0.2, 0) is 11.2 Å². The Hall–Kier alpha value is -1.31. The Morgan fingerprint density at radius 3 is 2.88 bits per heavy atom. The monoisotopic (exact) mass is 232 g/mol. The van der Waals surface area contributed by atoms with E-state index in [4.69, 9.17) is 4.74 Å². The molecule has 0 N–H and O–H groups in total. The first kappa shape index (κ1) is 12.2. The Morgan fingerprint density at radius 2 is 2.18 bits per heavy atom. The Labute approximate surface area is 103 Å². The fourth-order valence-electron chi connectivity index (χ4n) is 2.60. The number of benzene rings is 1. The van der Waals surface area contributed by atoms with E-state index in [1.807, 2.05) is 12.1 Å². The molecule has 0 amide bonds. The minimum absolute atomic E-state index is 0.208. The van der Waals surface area contributed by atoms with Crippen LogP contribution in [0, 0.1) is 12.8 Å². The van der Waals surface area contributed by atoms with Gasteiger partial charge in [-0.2, -0.15) is 0 Å². The maximum Gasteiger partial charge on any atom is 0.136 e. The number of hydrogen-bond acceptors (Lipinski definition) is 2. The smallest absolute Gasteiger partial charge is 0.136 e. The molecule has 1 atom stereocenters. The van der Waals surface area contributed by atoms with Crippen molar-refractivity contribution in [3.05, 3.63) is 29.3 Å². The van der Waals surface area contributed by atoms with E-state index in [0.29, 0.717) is 5.78 Å². The molecule has 92 valence electrons. The molecule has 1 aliphatic carbocycles. The van der Waals surface area contributed by atoms with Gasteiger partial charge in [-0.15, -0.1) is 0 Å². The van der Waals surface area contributed by atoms with Crippen LogP contribution in [0.15, 0.2) is 18.2 Å². The van der Waals surface area contributed by atoms with E-state index in [1.54, 1.807) is 7.11 Å². The highest BCUT2D eigenvalue weighted by Crippen LogP contribution is 2.28. The number of hydrogen-bond donors (Lipinski definition) is 0. The third-order valence-corrected chi connectivity index (χ3v) is 3.58. The molecule has 1 aromatic carbocycles. The van der Waals surface area contributed by atoms with Crippen LogP contribution in [0.5, 0.6) is 5.75 Å². The van der Waals surface area contributed by atoms with Crippen molar-refractivity contribution >= 4 is 5.78 Å². The van der Waals surface area contributed by atoms with Gasteiger partial charge in [0.1, 0.15) is 11.5 Å². The third kappa shape index (κ3) is 2.87. The van der Waals surface area contributed by atoms with Crippen LogP contribution in [-0.4, -0.2) is 12.9 Å². The van der Waals surface area contributed by atoms with E-state index in [9.17, 15) is 4.79 Å². The van der Waals surface area contributed by atoms with Gasteiger partial charge in [-0.25, -0.2) is 0 Å². The average Bonchev–Trinajstić information content (AvgIpc) is 2.32. The van der Waals surface area contributed by atoms with Gasteiger partial charge in [-0.3, -0.25) is 4.79 Å². The number of rotatable bonds is 3. The number of ether oxygens (including phenoxy) is 1. The number of carbonyl (C=O) groups excluding carboxylic acids is 1. The molecule has 0 bridgehead atoms. The molecule has 2 heteroatoms. The van der Waals surface area contributed by atoms with Gasteiger partial charge in [0.15, 0.2) is 0 Å². The number of methoxy groups -OCH3 is 1. The summed E-state index contributed by atoms with van der Waals surface area (Å²) in [6.45, 7) is 2.08. The second kappa shape index (κ2) is 5.35. The maximum atomic E-state index is 11.8. The predicted molar refractivity (Wildman–Crippen MR) is 68.4 cm³/mol. The molecule has 0 aliphatic heterocycles. The molecule has 2 nitrogen and oxygen atoms in total. The highest BCUT2D eigenvalue weighted by atomic mass is 16.5. The summed E-state index contributed by atoms with van der Waals surface area (Å²) in [5, 5.41) is 0. The zero-order valence-corrected chi connectivity index (χ0v) is 10.7. The SMILES string of the molecule is COc1ccc(C)cc1CC1CCCCC1=O. The lowest BCUT2D eigenvalue weighted by Crippen LogP contribution is -2.21. The molecule has 1 unspecified atom stereocenters. The van der Waals surface area contributed by atoms with Crippen molar-refractivity contribution in [2.45, 2.75) is 39.0 Å². The average molecular weight is 232 g/mol. The molecular weight excluding hydrogens is 212 g/mol. The second-order valence-corrected chi connectivity index (χ2v) is 4.93. The van der Waals surface area contributed by atoms with Gasteiger partial charge in [-0.1, -0.05) is 24.1 Å². The van der Waals surface area contributed by atoms with Crippen molar-refractivity contribution in [2.75, 3.05) is 7.11 Å². The van der Waals surface area contributed by atoms with Gasteiger partial charge in [0, 0.05) is 12.3 Å². The molecule has 1 saturated carbocycles. The molecule has 1 aromatic rings. The summed E-state index contributed by atoms with van der Waals surface area (Å²) in [4.78, 5) is 11.8. The van der Waals surface area contributed by atoms with Crippen LogP contribution >= 0.6 is 0 Å². The molecule has 0 saturated heterocycles.